The van der Waals surface area contributed by atoms with E-state index in [4.69, 9.17) is 4.74 Å². The van der Waals surface area contributed by atoms with Crippen LogP contribution in [0.15, 0.2) is 53.4 Å². The highest BCUT2D eigenvalue weighted by Crippen LogP contribution is 2.30. The molecule has 0 bridgehead atoms. The molecule has 2 aromatic carbocycles. The molecular formula is C24H28N2O4S. The molecule has 0 fully saturated rings. The Hall–Kier alpha value is -2.80. The Bertz CT molecular complexity index is 962. The highest BCUT2D eigenvalue weighted by atomic mass is 32.2. The van der Waals surface area contributed by atoms with Crippen molar-refractivity contribution in [3.05, 3.63) is 59.7 Å². The summed E-state index contributed by atoms with van der Waals surface area (Å²) in [7, 11) is 1.35. The maximum absolute atomic E-state index is 13.2. The van der Waals surface area contributed by atoms with Gasteiger partial charge in [0.1, 0.15) is 0 Å². The molecule has 164 valence electrons. The van der Waals surface area contributed by atoms with Crippen molar-refractivity contribution in [2.45, 2.75) is 25.2 Å². The molecule has 1 unspecified atom stereocenters. The van der Waals surface area contributed by atoms with Crippen LogP contribution in [0.1, 0.15) is 29.8 Å². The average Bonchev–Trinajstić information content (AvgIpc) is 3.24. The van der Waals surface area contributed by atoms with E-state index in [9.17, 15) is 14.4 Å². The fourth-order valence-electron chi connectivity index (χ4n) is 3.72. The van der Waals surface area contributed by atoms with Crippen molar-refractivity contribution in [3.63, 3.8) is 0 Å². The minimum Gasteiger partial charge on any atom is -0.469 e. The summed E-state index contributed by atoms with van der Waals surface area (Å²) in [5.41, 5.74) is 2.71. The Morgan fingerprint density at radius 2 is 1.84 bits per heavy atom. The third-order valence-electron chi connectivity index (χ3n) is 5.42. The number of esters is 1. The molecule has 31 heavy (non-hydrogen) atoms. The quantitative estimate of drug-likeness (QED) is 0.463. The standard InChI is InChI=1S/C24H28N2O4S/c1-4-25(15-17(2)24(29)30-3)23(28)19-10-6-8-12-21(19)31-16-22(27)26-14-13-18-9-5-7-11-20(18)26/h5-12,17H,4,13-16H2,1-3H3. The van der Waals surface area contributed by atoms with Crippen molar-refractivity contribution in [3.8, 4) is 0 Å². The second-order valence-corrected chi connectivity index (χ2v) is 8.49. The van der Waals surface area contributed by atoms with Crippen LogP contribution in [0.3, 0.4) is 0 Å². The summed E-state index contributed by atoms with van der Waals surface area (Å²) < 4.78 is 4.78. The summed E-state index contributed by atoms with van der Waals surface area (Å²) in [6.45, 7) is 5.07. The third-order valence-corrected chi connectivity index (χ3v) is 6.48. The number of anilines is 1. The Balaban J connectivity index is 1.69. The van der Waals surface area contributed by atoms with Gasteiger partial charge in [0.15, 0.2) is 0 Å². The molecule has 1 atom stereocenters. The molecular weight excluding hydrogens is 412 g/mol. The maximum atomic E-state index is 13.2. The van der Waals surface area contributed by atoms with Crippen LogP contribution in [0, 0.1) is 5.92 Å². The first-order valence-electron chi connectivity index (χ1n) is 10.4. The van der Waals surface area contributed by atoms with Gasteiger partial charge in [-0.2, -0.15) is 0 Å². The van der Waals surface area contributed by atoms with Gasteiger partial charge in [0, 0.05) is 30.2 Å². The van der Waals surface area contributed by atoms with Crippen molar-refractivity contribution in [2.75, 3.05) is 37.4 Å². The number of nitrogens with zero attached hydrogens (tertiary/aromatic N) is 2. The number of fused-ring (bicyclic) bond motifs is 1. The van der Waals surface area contributed by atoms with Crippen LogP contribution in [-0.4, -0.2) is 55.2 Å². The van der Waals surface area contributed by atoms with Gasteiger partial charge in [0.25, 0.3) is 5.91 Å². The molecule has 0 radical (unpaired) electrons. The molecule has 0 saturated heterocycles. The summed E-state index contributed by atoms with van der Waals surface area (Å²) in [6, 6.07) is 15.3. The van der Waals surface area contributed by atoms with E-state index in [1.54, 1.807) is 17.9 Å². The topological polar surface area (TPSA) is 66.9 Å². The predicted molar refractivity (Wildman–Crippen MR) is 122 cm³/mol. The Labute approximate surface area is 187 Å². The normalized spacial score (nSPS) is 13.5. The van der Waals surface area contributed by atoms with E-state index in [1.165, 1.54) is 24.4 Å². The zero-order chi connectivity index (χ0) is 22.4. The molecule has 0 aliphatic carbocycles. The summed E-state index contributed by atoms with van der Waals surface area (Å²) in [6.07, 6.45) is 0.867. The van der Waals surface area contributed by atoms with Crippen molar-refractivity contribution < 1.29 is 19.1 Å². The molecule has 3 rings (SSSR count). The van der Waals surface area contributed by atoms with Gasteiger partial charge in [-0.05, 0) is 37.1 Å². The van der Waals surface area contributed by atoms with Crippen LogP contribution in [0.25, 0.3) is 0 Å². The third kappa shape index (κ3) is 5.28. The van der Waals surface area contributed by atoms with Crippen LogP contribution in [0.2, 0.25) is 0 Å². The molecule has 2 aromatic rings. The number of carbonyl (C=O) groups is 3. The number of methoxy groups -OCH3 is 1. The Morgan fingerprint density at radius 1 is 1.13 bits per heavy atom. The van der Waals surface area contributed by atoms with E-state index in [0.717, 1.165) is 17.0 Å². The number of ether oxygens (including phenoxy) is 1. The second kappa shape index (κ2) is 10.5. The van der Waals surface area contributed by atoms with E-state index in [2.05, 4.69) is 6.07 Å². The molecule has 1 heterocycles. The number of para-hydroxylation sites is 1. The van der Waals surface area contributed by atoms with Gasteiger partial charge < -0.3 is 14.5 Å². The number of hydrogen-bond donors (Lipinski definition) is 0. The molecule has 1 aliphatic heterocycles. The van der Waals surface area contributed by atoms with Gasteiger partial charge in [-0.1, -0.05) is 37.3 Å². The van der Waals surface area contributed by atoms with Gasteiger partial charge in [0.2, 0.25) is 5.91 Å². The first kappa shape index (κ1) is 22.9. The minimum atomic E-state index is -0.412. The molecule has 0 aromatic heterocycles. The summed E-state index contributed by atoms with van der Waals surface area (Å²) in [5, 5.41) is 0. The van der Waals surface area contributed by atoms with E-state index >= 15 is 0 Å². The number of carbonyl (C=O) groups excluding carboxylic acids is 3. The van der Waals surface area contributed by atoms with Crippen LogP contribution in [0.4, 0.5) is 5.69 Å². The molecule has 6 nitrogen and oxygen atoms in total. The zero-order valence-corrected chi connectivity index (χ0v) is 19.0. The van der Waals surface area contributed by atoms with E-state index in [-0.39, 0.29) is 30.1 Å². The van der Waals surface area contributed by atoms with Gasteiger partial charge in [-0.15, -0.1) is 11.8 Å². The lowest BCUT2D eigenvalue weighted by atomic mass is 10.1. The van der Waals surface area contributed by atoms with Crippen molar-refractivity contribution in [1.82, 2.24) is 4.90 Å². The molecule has 0 saturated carbocycles. The highest BCUT2D eigenvalue weighted by molar-refractivity contribution is 8.00. The smallest absolute Gasteiger partial charge is 0.310 e. The molecule has 0 N–H and O–H groups in total. The second-order valence-electron chi connectivity index (χ2n) is 7.48. The van der Waals surface area contributed by atoms with Crippen molar-refractivity contribution >= 4 is 35.2 Å². The van der Waals surface area contributed by atoms with Gasteiger partial charge in [0.05, 0.1) is 24.3 Å². The van der Waals surface area contributed by atoms with E-state index in [1.807, 2.05) is 48.2 Å². The summed E-state index contributed by atoms with van der Waals surface area (Å²) in [4.78, 5) is 42.0. The van der Waals surface area contributed by atoms with Gasteiger partial charge >= 0.3 is 5.97 Å². The zero-order valence-electron chi connectivity index (χ0n) is 18.2. The first-order chi connectivity index (χ1) is 15.0. The van der Waals surface area contributed by atoms with Crippen molar-refractivity contribution in [2.24, 2.45) is 5.92 Å². The van der Waals surface area contributed by atoms with Crippen LogP contribution >= 0.6 is 11.8 Å². The van der Waals surface area contributed by atoms with Gasteiger partial charge in [-0.3, -0.25) is 14.4 Å². The van der Waals surface area contributed by atoms with Crippen LogP contribution in [0.5, 0.6) is 0 Å². The number of thioether (sulfide) groups is 1. The lowest BCUT2D eigenvalue weighted by Crippen LogP contribution is -2.37. The summed E-state index contributed by atoms with van der Waals surface area (Å²) in [5.74, 6) is -0.622. The Morgan fingerprint density at radius 3 is 2.58 bits per heavy atom. The molecule has 2 amide bonds. The SMILES string of the molecule is CCN(CC(C)C(=O)OC)C(=O)c1ccccc1SCC(=O)N1CCc2ccccc21. The summed E-state index contributed by atoms with van der Waals surface area (Å²) >= 11 is 1.37. The number of hydrogen-bond acceptors (Lipinski definition) is 5. The fraction of sp³-hybridized carbons (Fsp3) is 0.375. The largest absolute Gasteiger partial charge is 0.469 e. The van der Waals surface area contributed by atoms with E-state index < -0.39 is 5.92 Å². The molecule has 7 heteroatoms. The minimum absolute atomic E-state index is 0.0314. The number of benzene rings is 2. The number of amides is 2. The Kier molecular flexibility index (Phi) is 7.74. The number of rotatable bonds is 8. The van der Waals surface area contributed by atoms with Crippen LogP contribution < -0.4 is 4.90 Å². The van der Waals surface area contributed by atoms with Crippen LogP contribution in [-0.2, 0) is 20.7 Å². The average molecular weight is 441 g/mol. The lowest BCUT2D eigenvalue weighted by Gasteiger charge is -2.24. The molecule has 1 aliphatic rings. The molecule has 0 spiro atoms. The maximum Gasteiger partial charge on any atom is 0.310 e. The van der Waals surface area contributed by atoms with Crippen molar-refractivity contribution in [1.29, 1.82) is 0 Å². The van der Waals surface area contributed by atoms with E-state index in [0.29, 0.717) is 18.7 Å². The monoisotopic (exact) mass is 440 g/mol. The predicted octanol–water partition coefficient (Wildman–Crippen LogP) is 3.64. The lowest BCUT2D eigenvalue weighted by molar-refractivity contribution is -0.145. The van der Waals surface area contributed by atoms with Gasteiger partial charge in [-0.25, -0.2) is 0 Å². The fourth-order valence-corrected chi connectivity index (χ4v) is 4.64. The first-order valence-corrected chi connectivity index (χ1v) is 11.4. The highest BCUT2D eigenvalue weighted by Gasteiger charge is 2.26.